The van der Waals surface area contributed by atoms with Gasteiger partial charge in [0.15, 0.2) is 5.82 Å². The van der Waals surface area contributed by atoms with E-state index in [4.69, 9.17) is 38.2 Å². The predicted octanol–water partition coefficient (Wildman–Crippen LogP) is 4.39. The molecular weight excluding hydrogens is 497 g/mol. The number of imidazole rings is 1. The zero-order valence-electron chi connectivity index (χ0n) is 21.6. The Morgan fingerprint density at radius 1 is 1.38 bits per heavy atom. The fraction of sp³-hybridized carbons (Fsp3) is 0.444. The Bertz CT molecular complexity index is 1390. The minimum Gasteiger partial charge on any atom is -0.490 e. The quantitative estimate of drug-likeness (QED) is 0.478. The second-order valence-corrected chi connectivity index (χ2v) is 10.0. The van der Waals surface area contributed by atoms with Crippen molar-refractivity contribution in [2.45, 2.75) is 58.2 Å². The maximum Gasteiger partial charge on any atom is 0.260 e. The van der Waals surface area contributed by atoms with Gasteiger partial charge < -0.3 is 20.1 Å². The topological polar surface area (TPSA) is 95.0 Å². The van der Waals surface area contributed by atoms with Gasteiger partial charge in [-0.25, -0.2) is 14.4 Å². The number of aromatic nitrogens is 3. The van der Waals surface area contributed by atoms with E-state index in [0.717, 1.165) is 0 Å². The number of likely N-dealkylation sites (tertiary alicyclic amines) is 1. The molecule has 8 nitrogen and oxygen atoms in total. The van der Waals surface area contributed by atoms with E-state index in [0.29, 0.717) is 54.3 Å². The zero-order valence-corrected chi connectivity index (χ0v) is 22.4. The number of terminal acetylenes is 1. The van der Waals surface area contributed by atoms with Crippen LogP contribution in [0.25, 0.3) is 5.52 Å². The van der Waals surface area contributed by atoms with E-state index in [1.165, 1.54) is 6.07 Å². The van der Waals surface area contributed by atoms with E-state index in [1.54, 1.807) is 56.5 Å². The highest BCUT2D eigenvalue weighted by Crippen LogP contribution is 2.43. The van der Waals surface area contributed by atoms with Crippen LogP contribution in [0.2, 0.25) is 5.02 Å². The van der Waals surface area contributed by atoms with Gasteiger partial charge in [-0.05, 0) is 46.6 Å². The summed E-state index contributed by atoms with van der Waals surface area (Å²) in [6, 6.07) is 1.42. The summed E-state index contributed by atoms with van der Waals surface area (Å²) in [5.41, 5.74) is 6.19. The Balaban J connectivity index is 1.95. The minimum absolute atomic E-state index is 0.0487. The van der Waals surface area contributed by atoms with Crippen molar-refractivity contribution in [3.63, 3.8) is 0 Å². The van der Waals surface area contributed by atoms with Crippen molar-refractivity contribution in [1.82, 2.24) is 19.3 Å². The Morgan fingerprint density at radius 2 is 2.05 bits per heavy atom. The lowest BCUT2D eigenvalue weighted by molar-refractivity contribution is 0.0345. The number of benzene rings is 1. The highest BCUT2D eigenvalue weighted by molar-refractivity contribution is 6.31. The average molecular weight is 528 g/mol. The number of hydrogen-bond donors (Lipinski definition) is 1. The van der Waals surface area contributed by atoms with Crippen molar-refractivity contribution in [3.05, 3.63) is 51.9 Å². The molecule has 0 spiro atoms. The maximum atomic E-state index is 15.7. The van der Waals surface area contributed by atoms with E-state index in [1.807, 2.05) is 0 Å². The molecule has 0 radical (unpaired) electrons. The number of rotatable bonds is 6. The molecule has 1 aliphatic rings. The summed E-state index contributed by atoms with van der Waals surface area (Å²) < 4.78 is 29.0. The van der Waals surface area contributed by atoms with Crippen molar-refractivity contribution in [2.75, 3.05) is 25.9 Å². The number of carbonyl (C=O) groups excluding carboxylic acids is 1. The molecule has 2 N–H and O–H groups in total. The molecule has 2 aromatic heterocycles. The predicted molar refractivity (Wildman–Crippen MR) is 141 cm³/mol. The highest BCUT2D eigenvalue weighted by Gasteiger charge is 2.40. The third kappa shape index (κ3) is 4.60. The number of fused-ring (bicyclic) bond motifs is 1. The molecule has 1 fully saturated rings. The van der Waals surface area contributed by atoms with Gasteiger partial charge in [-0.1, -0.05) is 17.5 Å². The van der Waals surface area contributed by atoms with Crippen LogP contribution in [0.3, 0.4) is 0 Å². The van der Waals surface area contributed by atoms with E-state index < -0.39 is 17.1 Å². The van der Waals surface area contributed by atoms with Gasteiger partial charge in [-0.3, -0.25) is 9.20 Å². The van der Waals surface area contributed by atoms with Gasteiger partial charge in [0.2, 0.25) is 0 Å². The van der Waals surface area contributed by atoms with Crippen LogP contribution < -0.4 is 10.5 Å². The number of nitrogens with zero attached hydrogens (tertiary/aromatic N) is 4. The zero-order chi connectivity index (χ0) is 27.1. The molecule has 1 aromatic carbocycles. The third-order valence-electron chi connectivity index (χ3n) is 6.83. The van der Waals surface area contributed by atoms with E-state index in [9.17, 15) is 4.79 Å². The van der Waals surface area contributed by atoms with Crippen LogP contribution in [-0.2, 0) is 10.2 Å². The number of nitrogens with two attached hydrogens (primary N) is 1. The monoisotopic (exact) mass is 527 g/mol. The number of anilines is 1. The van der Waals surface area contributed by atoms with Crippen LogP contribution in [0.15, 0.2) is 18.5 Å². The number of aryl methyl sites for hydroxylation is 1. The van der Waals surface area contributed by atoms with Gasteiger partial charge in [0, 0.05) is 38.2 Å². The molecule has 1 atom stereocenters. The number of methoxy groups -OCH3 is 1. The fourth-order valence-corrected chi connectivity index (χ4v) is 5.04. The molecule has 0 bridgehead atoms. The summed E-state index contributed by atoms with van der Waals surface area (Å²) in [6.07, 6.45) is 10.4. The average Bonchev–Trinajstić information content (AvgIpc) is 3.23. The van der Waals surface area contributed by atoms with Crippen molar-refractivity contribution in [1.29, 1.82) is 0 Å². The molecule has 1 amide bonds. The summed E-state index contributed by atoms with van der Waals surface area (Å²) in [7, 11) is 1.64. The van der Waals surface area contributed by atoms with E-state index >= 15 is 4.39 Å². The molecule has 3 aromatic rings. The molecule has 0 aliphatic carbocycles. The van der Waals surface area contributed by atoms with Gasteiger partial charge in [-0.15, -0.1) is 6.42 Å². The van der Waals surface area contributed by atoms with E-state index in [2.05, 4.69) is 10.9 Å². The molecule has 0 saturated carbocycles. The smallest absolute Gasteiger partial charge is 0.260 e. The van der Waals surface area contributed by atoms with E-state index in [-0.39, 0.29) is 28.5 Å². The van der Waals surface area contributed by atoms with Crippen LogP contribution in [0.5, 0.6) is 5.75 Å². The SMILES string of the molecule is C#CC(C)(c1cc(Cl)c(F)c(C(=O)N2CCC(OC)CC2)c1OC(C)C)c1nc(C)c2c(N)nccn12. The van der Waals surface area contributed by atoms with Gasteiger partial charge in [0.25, 0.3) is 5.91 Å². The van der Waals surface area contributed by atoms with Crippen LogP contribution in [-0.4, -0.2) is 57.6 Å². The molecule has 196 valence electrons. The normalized spacial score (nSPS) is 16.1. The summed E-state index contributed by atoms with van der Waals surface area (Å²) in [4.78, 5) is 24.2. The van der Waals surface area contributed by atoms with Crippen LogP contribution in [0.4, 0.5) is 10.2 Å². The summed E-state index contributed by atoms with van der Waals surface area (Å²) in [5.74, 6) is 2.23. The summed E-state index contributed by atoms with van der Waals surface area (Å²) in [6.45, 7) is 7.99. The molecule has 1 aliphatic heterocycles. The molecule has 37 heavy (non-hydrogen) atoms. The lowest BCUT2D eigenvalue weighted by Gasteiger charge is -2.33. The number of hydrogen-bond acceptors (Lipinski definition) is 6. The fourth-order valence-electron chi connectivity index (χ4n) is 4.84. The van der Waals surface area contributed by atoms with Crippen LogP contribution in [0.1, 0.15) is 61.1 Å². The van der Waals surface area contributed by atoms with Gasteiger partial charge in [0.05, 0.1) is 22.9 Å². The van der Waals surface area contributed by atoms with Crippen molar-refractivity contribution in [2.24, 2.45) is 0 Å². The van der Waals surface area contributed by atoms with Crippen LogP contribution >= 0.6 is 11.6 Å². The summed E-state index contributed by atoms with van der Waals surface area (Å²) >= 11 is 6.41. The van der Waals surface area contributed by atoms with Gasteiger partial charge in [-0.2, -0.15) is 0 Å². The molecule has 4 rings (SSSR count). The first kappa shape index (κ1) is 26.7. The highest BCUT2D eigenvalue weighted by atomic mass is 35.5. The van der Waals surface area contributed by atoms with Crippen molar-refractivity contribution in [3.8, 4) is 18.1 Å². The first-order valence-electron chi connectivity index (χ1n) is 12.1. The van der Waals surface area contributed by atoms with Gasteiger partial charge in [0.1, 0.15) is 33.9 Å². The Hall–Kier alpha value is -3.35. The molecule has 1 unspecified atom stereocenters. The number of piperidine rings is 1. The number of amides is 1. The molecule has 1 saturated heterocycles. The number of nitrogen functional groups attached to an aromatic ring is 1. The Morgan fingerprint density at radius 3 is 2.65 bits per heavy atom. The van der Waals surface area contributed by atoms with Crippen molar-refractivity contribution < 1.29 is 18.7 Å². The molecule has 3 heterocycles. The Kier molecular flexibility index (Phi) is 7.36. The number of carbonyl (C=O) groups is 1. The Labute approximate surface area is 220 Å². The standard InChI is InChI=1S/C27H31ClFN5O3/c1-7-27(5,26-32-16(4)22-24(30)31-10-13-34(22)26)18-14-19(28)21(29)20(23(18)37-15(2)3)25(35)33-11-8-17(36-6)9-12-33/h1,10,13-15,17H,8-9,11-12H2,2-6H3,(H2,30,31). The second-order valence-electron chi connectivity index (χ2n) is 9.64. The second kappa shape index (κ2) is 10.2. The first-order chi connectivity index (χ1) is 17.5. The lowest BCUT2D eigenvalue weighted by atomic mass is 9.80. The largest absolute Gasteiger partial charge is 0.490 e. The number of ether oxygens (including phenoxy) is 2. The first-order valence-corrected chi connectivity index (χ1v) is 12.5. The van der Waals surface area contributed by atoms with Gasteiger partial charge >= 0.3 is 0 Å². The maximum absolute atomic E-state index is 15.7. The molecule has 10 heteroatoms. The summed E-state index contributed by atoms with van der Waals surface area (Å²) in [5, 5.41) is -0.235. The minimum atomic E-state index is -1.27. The number of halogens is 2. The van der Waals surface area contributed by atoms with Crippen LogP contribution in [0, 0.1) is 25.1 Å². The van der Waals surface area contributed by atoms with Crippen molar-refractivity contribution >= 4 is 28.8 Å². The lowest BCUT2D eigenvalue weighted by Crippen LogP contribution is -2.41. The third-order valence-corrected chi connectivity index (χ3v) is 7.11. The molecular formula is C27H31ClFN5O3.